The number of hydrogen-bond acceptors (Lipinski definition) is 3. The third-order valence-electron chi connectivity index (χ3n) is 2.63. The molecule has 0 atom stereocenters. The fraction of sp³-hybridized carbons (Fsp3) is 0.500. The van der Waals surface area contributed by atoms with Crippen LogP contribution in [0.1, 0.15) is 23.3 Å². The lowest BCUT2D eigenvalue weighted by atomic mass is 10.2. The normalized spacial score (nSPS) is 15.1. The molecule has 0 amide bonds. The van der Waals surface area contributed by atoms with Crippen molar-refractivity contribution in [2.75, 3.05) is 13.6 Å². The molecule has 1 aromatic heterocycles. The van der Waals surface area contributed by atoms with Gasteiger partial charge in [0.1, 0.15) is 0 Å². The number of nitrogens with zero attached hydrogens (tertiary/aromatic N) is 1. The summed E-state index contributed by atoms with van der Waals surface area (Å²) in [5.41, 5.74) is 6.52. The molecule has 1 aromatic rings. The van der Waals surface area contributed by atoms with Crippen LogP contribution < -0.4 is 5.73 Å². The molecule has 1 aliphatic carbocycles. The lowest BCUT2D eigenvalue weighted by molar-refractivity contribution is 0.319. The van der Waals surface area contributed by atoms with E-state index < -0.39 is 0 Å². The monoisotopic (exact) mass is 220 g/mol. The van der Waals surface area contributed by atoms with Crippen molar-refractivity contribution in [3.8, 4) is 11.8 Å². The first-order valence-electron chi connectivity index (χ1n) is 5.27. The van der Waals surface area contributed by atoms with Gasteiger partial charge in [0, 0.05) is 23.0 Å². The summed E-state index contributed by atoms with van der Waals surface area (Å²) in [4.78, 5) is 3.78. The molecule has 2 N–H and O–H groups in total. The molecule has 0 saturated heterocycles. The molecule has 0 aliphatic heterocycles. The van der Waals surface area contributed by atoms with E-state index in [0.29, 0.717) is 6.54 Å². The molecule has 0 aromatic carbocycles. The fourth-order valence-corrected chi connectivity index (χ4v) is 2.48. The zero-order valence-electron chi connectivity index (χ0n) is 8.99. The zero-order valence-corrected chi connectivity index (χ0v) is 9.81. The second kappa shape index (κ2) is 4.80. The highest BCUT2D eigenvalue weighted by molar-refractivity contribution is 7.10. The molecule has 1 fully saturated rings. The zero-order chi connectivity index (χ0) is 10.7. The van der Waals surface area contributed by atoms with E-state index in [4.69, 9.17) is 5.73 Å². The first kappa shape index (κ1) is 10.7. The molecule has 1 aliphatic rings. The van der Waals surface area contributed by atoms with Crippen LogP contribution in [0.2, 0.25) is 0 Å². The van der Waals surface area contributed by atoms with E-state index in [2.05, 4.69) is 35.2 Å². The Bertz CT molecular complexity index is 382. The van der Waals surface area contributed by atoms with Gasteiger partial charge in [-0.1, -0.05) is 11.8 Å². The van der Waals surface area contributed by atoms with Crippen LogP contribution in [0.4, 0.5) is 0 Å². The van der Waals surface area contributed by atoms with Crippen LogP contribution in [0.5, 0.6) is 0 Å². The van der Waals surface area contributed by atoms with Crippen molar-refractivity contribution in [3.63, 3.8) is 0 Å². The van der Waals surface area contributed by atoms with Crippen LogP contribution in [0.3, 0.4) is 0 Å². The van der Waals surface area contributed by atoms with Crippen LogP contribution in [0.15, 0.2) is 11.4 Å². The van der Waals surface area contributed by atoms with E-state index in [1.54, 1.807) is 11.3 Å². The Hall–Kier alpha value is -0.820. The molecular weight excluding hydrogens is 204 g/mol. The van der Waals surface area contributed by atoms with Crippen molar-refractivity contribution in [1.29, 1.82) is 0 Å². The molecule has 2 rings (SSSR count). The van der Waals surface area contributed by atoms with E-state index in [9.17, 15) is 0 Å². The van der Waals surface area contributed by atoms with E-state index in [-0.39, 0.29) is 0 Å². The van der Waals surface area contributed by atoms with Gasteiger partial charge in [0.2, 0.25) is 0 Å². The quantitative estimate of drug-likeness (QED) is 0.785. The third-order valence-corrected chi connectivity index (χ3v) is 3.54. The molecule has 0 unspecified atom stereocenters. The molecule has 0 bridgehead atoms. The first-order valence-corrected chi connectivity index (χ1v) is 6.14. The van der Waals surface area contributed by atoms with Crippen LogP contribution in [0.25, 0.3) is 0 Å². The molecule has 15 heavy (non-hydrogen) atoms. The summed E-state index contributed by atoms with van der Waals surface area (Å²) in [5.74, 6) is 6.04. The highest BCUT2D eigenvalue weighted by atomic mass is 32.1. The van der Waals surface area contributed by atoms with Gasteiger partial charge in [-0.15, -0.1) is 11.3 Å². The molecule has 1 saturated carbocycles. The second-order valence-electron chi connectivity index (χ2n) is 3.91. The Morgan fingerprint density at radius 2 is 2.40 bits per heavy atom. The number of rotatable bonds is 3. The maximum atomic E-state index is 5.37. The van der Waals surface area contributed by atoms with Gasteiger partial charge in [-0.3, -0.25) is 4.90 Å². The van der Waals surface area contributed by atoms with Crippen molar-refractivity contribution in [2.24, 2.45) is 5.73 Å². The second-order valence-corrected chi connectivity index (χ2v) is 4.91. The van der Waals surface area contributed by atoms with Crippen LogP contribution in [-0.4, -0.2) is 24.5 Å². The average Bonchev–Trinajstić information content (AvgIpc) is 2.99. The van der Waals surface area contributed by atoms with Gasteiger partial charge >= 0.3 is 0 Å². The van der Waals surface area contributed by atoms with Crippen LogP contribution in [-0.2, 0) is 6.54 Å². The van der Waals surface area contributed by atoms with Crippen LogP contribution in [0, 0.1) is 11.8 Å². The summed E-state index contributed by atoms with van der Waals surface area (Å²) < 4.78 is 0. The third kappa shape index (κ3) is 2.82. The van der Waals surface area contributed by atoms with Gasteiger partial charge in [0.05, 0.1) is 6.54 Å². The Balaban J connectivity index is 2.03. The minimum atomic E-state index is 0.438. The lowest BCUT2D eigenvalue weighted by Gasteiger charge is -2.14. The van der Waals surface area contributed by atoms with E-state index in [1.165, 1.54) is 17.7 Å². The van der Waals surface area contributed by atoms with Gasteiger partial charge < -0.3 is 5.73 Å². The Morgan fingerprint density at radius 1 is 1.60 bits per heavy atom. The van der Waals surface area contributed by atoms with E-state index >= 15 is 0 Å². The SMILES string of the molecule is CN(Cc1sccc1C#CCN)C1CC1. The summed E-state index contributed by atoms with van der Waals surface area (Å²) in [6.07, 6.45) is 2.71. The maximum absolute atomic E-state index is 5.37. The van der Waals surface area contributed by atoms with Crippen LogP contribution >= 0.6 is 11.3 Å². The number of hydrogen-bond donors (Lipinski definition) is 1. The first-order chi connectivity index (χ1) is 7.31. The van der Waals surface area contributed by atoms with Crippen molar-refractivity contribution in [2.45, 2.75) is 25.4 Å². The minimum Gasteiger partial charge on any atom is -0.320 e. The topological polar surface area (TPSA) is 29.3 Å². The summed E-state index contributed by atoms with van der Waals surface area (Å²) in [5, 5.41) is 2.11. The molecule has 1 heterocycles. The molecule has 0 spiro atoms. The molecule has 0 radical (unpaired) electrons. The Labute approximate surface area is 95.1 Å². The van der Waals surface area contributed by atoms with Gasteiger partial charge in [0.25, 0.3) is 0 Å². The largest absolute Gasteiger partial charge is 0.320 e. The Morgan fingerprint density at radius 3 is 3.07 bits per heavy atom. The van der Waals surface area contributed by atoms with Crippen molar-refractivity contribution < 1.29 is 0 Å². The average molecular weight is 220 g/mol. The van der Waals surface area contributed by atoms with E-state index in [0.717, 1.165) is 18.2 Å². The number of nitrogens with two attached hydrogens (primary N) is 1. The summed E-state index contributed by atoms with van der Waals surface area (Å²) in [7, 11) is 2.19. The molecule has 80 valence electrons. The predicted octanol–water partition coefficient (Wildman–Crippen LogP) is 1.65. The minimum absolute atomic E-state index is 0.438. The van der Waals surface area contributed by atoms with Gasteiger partial charge in [0.15, 0.2) is 0 Å². The summed E-state index contributed by atoms with van der Waals surface area (Å²) >= 11 is 1.79. The molecule has 2 nitrogen and oxygen atoms in total. The number of thiophene rings is 1. The van der Waals surface area contributed by atoms with Crippen molar-refractivity contribution >= 4 is 11.3 Å². The molecule has 3 heteroatoms. The highest BCUT2D eigenvalue weighted by Gasteiger charge is 2.26. The highest BCUT2D eigenvalue weighted by Crippen LogP contribution is 2.28. The van der Waals surface area contributed by atoms with Gasteiger partial charge in [-0.2, -0.15) is 0 Å². The van der Waals surface area contributed by atoms with Gasteiger partial charge in [-0.25, -0.2) is 0 Å². The summed E-state index contributed by atoms with van der Waals surface area (Å²) in [6.45, 7) is 1.46. The smallest absolute Gasteiger partial charge is 0.0555 e. The summed E-state index contributed by atoms with van der Waals surface area (Å²) in [6, 6.07) is 2.89. The van der Waals surface area contributed by atoms with Gasteiger partial charge in [-0.05, 0) is 31.3 Å². The van der Waals surface area contributed by atoms with E-state index in [1.807, 2.05) is 0 Å². The maximum Gasteiger partial charge on any atom is 0.0555 e. The van der Waals surface area contributed by atoms with Crippen molar-refractivity contribution in [3.05, 3.63) is 21.9 Å². The molecular formula is C12H16N2S. The predicted molar refractivity (Wildman–Crippen MR) is 64.7 cm³/mol. The standard InChI is InChI=1S/C12H16N2S/c1-14(11-4-5-11)9-12-10(3-2-7-13)6-8-15-12/h6,8,11H,4-5,7,9,13H2,1H3. The fourth-order valence-electron chi connectivity index (χ4n) is 1.59. The van der Waals surface area contributed by atoms with Crippen molar-refractivity contribution in [1.82, 2.24) is 4.90 Å². The lowest BCUT2D eigenvalue weighted by Crippen LogP contribution is -2.19. The Kier molecular flexibility index (Phi) is 3.42.